The Labute approximate surface area is 119 Å². The largest absolute Gasteiger partial charge is 0.394 e. The van der Waals surface area contributed by atoms with Gasteiger partial charge in [0.1, 0.15) is 24.5 Å². The number of nitrogens with two attached hydrogens (primary N) is 1. The summed E-state index contributed by atoms with van der Waals surface area (Å²) in [6, 6.07) is 0. The molecule has 2 aromatic heterocycles. The average molecular weight is 295 g/mol. The number of rotatable bonds is 3. The van der Waals surface area contributed by atoms with Gasteiger partial charge in [0.25, 0.3) is 0 Å². The molecule has 0 amide bonds. The van der Waals surface area contributed by atoms with Crippen molar-refractivity contribution in [1.29, 1.82) is 0 Å². The molecular weight excluding hydrogens is 282 g/mol. The Kier molecular flexibility index (Phi) is 3.34. The number of aliphatic hydroxyl groups is 2. The van der Waals surface area contributed by atoms with Crippen LogP contribution < -0.4 is 5.73 Å². The van der Waals surface area contributed by atoms with E-state index in [1.807, 2.05) is 0 Å². The smallest absolute Gasteiger partial charge is 0.168 e. The molecule has 0 spiro atoms. The molecule has 4 N–H and O–H groups in total. The monoisotopic (exact) mass is 295 g/mol. The first kappa shape index (κ1) is 13.3. The number of aliphatic hydroxyl groups excluding tert-OH is 2. The highest BCUT2D eigenvalue weighted by molar-refractivity contribution is 7.79. The molecule has 0 aliphatic carbocycles. The highest BCUT2D eigenvalue weighted by atomic mass is 32.1. The van der Waals surface area contributed by atoms with Crippen LogP contribution in [0.5, 0.6) is 0 Å². The summed E-state index contributed by atoms with van der Waals surface area (Å²) in [5.41, 5.74) is 6.70. The first-order valence-corrected chi connectivity index (χ1v) is 6.50. The minimum atomic E-state index is -0.750. The molecule has 0 aromatic carbocycles. The number of hydrogen-bond acceptors (Lipinski definition) is 8. The van der Waals surface area contributed by atoms with Gasteiger partial charge in [0.15, 0.2) is 17.0 Å². The molecule has 106 valence electrons. The van der Waals surface area contributed by atoms with Crippen LogP contribution in [0.15, 0.2) is 6.33 Å². The van der Waals surface area contributed by atoms with Crippen molar-refractivity contribution < 1.29 is 14.9 Å². The zero-order valence-corrected chi connectivity index (χ0v) is 11.2. The number of imidazole rings is 1. The molecule has 1 aliphatic heterocycles. The van der Waals surface area contributed by atoms with Gasteiger partial charge < -0.3 is 20.7 Å². The van der Waals surface area contributed by atoms with Crippen LogP contribution in [0.4, 0.5) is 5.82 Å². The molecule has 20 heavy (non-hydrogen) atoms. The van der Waals surface area contributed by atoms with Crippen LogP contribution in [0.3, 0.4) is 0 Å². The van der Waals surface area contributed by atoms with Crippen molar-refractivity contribution in [3.8, 4) is 0 Å². The number of nitrogens with zero attached hydrogens (tertiary/aromatic N) is 4. The summed E-state index contributed by atoms with van der Waals surface area (Å²) in [4.78, 5) is 12.3. The van der Waals surface area contributed by atoms with Crippen molar-refractivity contribution >= 4 is 34.6 Å². The predicted octanol–water partition coefficient (Wildman–Crippen LogP) is -0.603. The molecule has 8 nitrogen and oxygen atoms in total. The number of anilines is 1. The van der Waals surface area contributed by atoms with Gasteiger partial charge in [0.05, 0.1) is 12.7 Å². The van der Waals surface area contributed by atoms with Gasteiger partial charge in [-0.05, 0) is 0 Å². The van der Waals surface area contributed by atoms with Crippen molar-refractivity contribution in [2.75, 3.05) is 12.3 Å². The lowest BCUT2D eigenvalue weighted by Gasteiger charge is -2.15. The van der Waals surface area contributed by atoms with Crippen LogP contribution in [0.2, 0.25) is 0 Å². The summed E-state index contributed by atoms with van der Waals surface area (Å²) in [6.45, 7) is -0.256. The van der Waals surface area contributed by atoms with Crippen LogP contribution in [0, 0.1) is 0 Å². The molecule has 0 saturated carbocycles. The molecule has 3 rings (SSSR count). The van der Waals surface area contributed by atoms with Crippen LogP contribution in [0.25, 0.3) is 11.2 Å². The maximum Gasteiger partial charge on any atom is 0.168 e. The van der Waals surface area contributed by atoms with E-state index in [1.54, 1.807) is 4.57 Å². The van der Waals surface area contributed by atoms with E-state index in [9.17, 15) is 5.11 Å². The lowest BCUT2D eigenvalue weighted by atomic mass is 10.2. The summed E-state index contributed by atoms with van der Waals surface area (Å²) < 4.78 is 7.28. The maximum absolute atomic E-state index is 9.84. The summed E-state index contributed by atoms with van der Waals surface area (Å²) >= 11 is 4.95. The second kappa shape index (κ2) is 5.02. The van der Waals surface area contributed by atoms with E-state index < -0.39 is 18.4 Å². The molecule has 1 fully saturated rings. The van der Waals surface area contributed by atoms with Crippen LogP contribution in [-0.2, 0) is 4.74 Å². The maximum atomic E-state index is 9.84. The third-order valence-corrected chi connectivity index (χ3v) is 3.52. The quantitative estimate of drug-likeness (QED) is 0.642. The Morgan fingerprint density at radius 2 is 2.35 bits per heavy atom. The number of fused-ring (bicyclic) bond motifs is 1. The van der Waals surface area contributed by atoms with E-state index in [1.165, 1.54) is 11.7 Å². The van der Waals surface area contributed by atoms with Crippen LogP contribution in [0.1, 0.15) is 18.5 Å². The topological polar surface area (TPSA) is 119 Å². The van der Waals surface area contributed by atoms with Crippen LogP contribution in [-0.4, -0.2) is 53.9 Å². The van der Waals surface area contributed by atoms with Crippen molar-refractivity contribution in [2.45, 2.75) is 24.9 Å². The van der Waals surface area contributed by atoms with E-state index in [0.29, 0.717) is 23.4 Å². The molecule has 0 bridgehead atoms. The predicted molar refractivity (Wildman–Crippen MR) is 74.1 cm³/mol. The fraction of sp³-hybridized carbons (Fsp3) is 0.455. The van der Waals surface area contributed by atoms with Gasteiger partial charge in [0.2, 0.25) is 0 Å². The Morgan fingerprint density at radius 1 is 1.55 bits per heavy atom. The van der Waals surface area contributed by atoms with Crippen molar-refractivity contribution in [3.63, 3.8) is 0 Å². The number of nitrogen functional groups attached to an aromatic ring is 1. The first-order valence-electron chi connectivity index (χ1n) is 6.03. The summed E-state index contributed by atoms with van der Waals surface area (Å²) in [5.74, 6) is 0.710. The summed E-state index contributed by atoms with van der Waals surface area (Å²) in [6.07, 6.45) is -0.237. The van der Waals surface area contributed by atoms with E-state index >= 15 is 0 Å². The molecule has 0 radical (unpaired) electrons. The SMILES string of the molecule is Nc1ncnc2c1nc(C=S)n2[C@H]1C[C@H](O)[C@@H](CO)O1. The number of hydrogen-bond donors (Lipinski definition) is 3. The minimum absolute atomic E-state index is 0.254. The Bertz CT molecular complexity index is 661. The average Bonchev–Trinajstić information content (AvgIpc) is 2.99. The number of ether oxygens (including phenoxy) is 1. The Morgan fingerprint density at radius 3 is 3.00 bits per heavy atom. The summed E-state index contributed by atoms with van der Waals surface area (Å²) in [7, 11) is 0. The summed E-state index contributed by atoms with van der Waals surface area (Å²) in [5, 5.41) is 20.4. The van der Waals surface area contributed by atoms with Gasteiger partial charge in [-0.15, -0.1) is 0 Å². The molecule has 3 heterocycles. The van der Waals surface area contributed by atoms with Gasteiger partial charge in [-0.3, -0.25) is 4.57 Å². The van der Waals surface area contributed by atoms with Gasteiger partial charge in [-0.2, -0.15) is 0 Å². The molecular formula is C11H13N5O3S. The number of aromatic nitrogens is 4. The zero-order chi connectivity index (χ0) is 14.3. The van der Waals surface area contributed by atoms with E-state index in [4.69, 9.17) is 27.8 Å². The molecule has 1 aliphatic rings. The highest BCUT2D eigenvalue weighted by Gasteiger charge is 2.36. The zero-order valence-electron chi connectivity index (χ0n) is 10.4. The fourth-order valence-corrected chi connectivity index (χ4v) is 2.51. The standard InChI is InChI=1S/C11H13N5O3S/c12-10-9-11(14-4-13-10)16(7(3-20)15-9)8-1-5(18)6(2-17)19-8/h3-6,8,17-18H,1-2H2,(H2,12,13,14)/t5-,6+,8+/m0/s1. The van der Waals surface area contributed by atoms with Gasteiger partial charge in [0, 0.05) is 11.8 Å². The van der Waals surface area contributed by atoms with Crippen molar-refractivity contribution in [1.82, 2.24) is 19.5 Å². The first-order chi connectivity index (χ1) is 9.65. The lowest BCUT2D eigenvalue weighted by molar-refractivity contribution is -0.0433. The molecule has 3 atom stereocenters. The third kappa shape index (κ3) is 1.95. The molecule has 2 aromatic rings. The normalized spacial score (nSPS) is 26.2. The number of thiocarbonyl (C=S) groups is 1. The van der Waals surface area contributed by atoms with Crippen LogP contribution >= 0.6 is 12.2 Å². The minimum Gasteiger partial charge on any atom is -0.394 e. The van der Waals surface area contributed by atoms with Gasteiger partial charge in [-0.25, -0.2) is 15.0 Å². The Hall–Kier alpha value is -1.68. The fourth-order valence-electron chi connectivity index (χ4n) is 2.35. The highest BCUT2D eigenvalue weighted by Crippen LogP contribution is 2.32. The van der Waals surface area contributed by atoms with Crippen molar-refractivity contribution in [2.24, 2.45) is 0 Å². The third-order valence-electron chi connectivity index (χ3n) is 3.31. The lowest BCUT2D eigenvalue weighted by Crippen LogP contribution is -2.24. The Balaban J connectivity index is 2.11. The van der Waals surface area contributed by atoms with Crippen molar-refractivity contribution in [3.05, 3.63) is 12.2 Å². The molecule has 1 saturated heterocycles. The van der Waals surface area contributed by atoms with Gasteiger partial charge in [-0.1, -0.05) is 12.2 Å². The van der Waals surface area contributed by atoms with E-state index in [0.717, 1.165) is 0 Å². The van der Waals surface area contributed by atoms with Gasteiger partial charge >= 0.3 is 0 Å². The molecule has 0 unspecified atom stereocenters. The van der Waals surface area contributed by atoms with E-state index in [-0.39, 0.29) is 12.4 Å². The second-order valence-electron chi connectivity index (χ2n) is 4.50. The molecule has 9 heteroatoms. The second-order valence-corrected chi connectivity index (χ2v) is 4.74. The van der Waals surface area contributed by atoms with E-state index in [2.05, 4.69) is 15.0 Å².